The van der Waals surface area contributed by atoms with Gasteiger partial charge in [0.15, 0.2) is 0 Å². The molecular formula is C21H19F2N5. The molecule has 4 heterocycles. The zero-order valence-electron chi connectivity index (χ0n) is 15.4. The molecule has 0 saturated heterocycles. The van der Waals surface area contributed by atoms with Crippen LogP contribution < -0.4 is 0 Å². The van der Waals surface area contributed by atoms with Gasteiger partial charge in [-0.1, -0.05) is 6.07 Å². The molecular weight excluding hydrogens is 360 g/mol. The second-order valence-electron chi connectivity index (χ2n) is 7.55. The van der Waals surface area contributed by atoms with Crippen LogP contribution in [0.25, 0.3) is 28.0 Å². The van der Waals surface area contributed by atoms with Gasteiger partial charge in [-0.2, -0.15) is 5.10 Å². The van der Waals surface area contributed by atoms with Gasteiger partial charge in [0.2, 0.25) is 6.43 Å². The molecule has 0 radical (unpaired) electrons. The topological polar surface area (TPSA) is 48.0 Å². The highest BCUT2D eigenvalue weighted by atomic mass is 19.3. The molecule has 1 aliphatic rings. The third kappa shape index (κ3) is 2.87. The van der Waals surface area contributed by atoms with E-state index in [1.165, 1.54) is 0 Å². The summed E-state index contributed by atoms with van der Waals surface area (Å²) in [4.78, 5) is 9.09. The fraction of sp³-hybridized carbons (Fsp3) is 0.286. The van der Waals surface area contributed by atoms with E-state index in [2.05, 4.69) is 15.1 Å². The lowest BCUT2D eigenvalue weighted by molar-refractivity contribution is 0.0491. The Hall–Kier alpha value is -3.09. The van der Waals surface area contributed by atoms with E-state index in [1.54, 1.807) is 17.1 Å². The molecule has 0 spiro atoms. The highest BCUT2D eigenvalue weighted by Gasteiger charge is 2.51. The number of hydrogen-bond acceptors (Lipinski definition) is 3. The van der Waals surface area contributed by atoms with Crippen molar-refractivity contribution in [2.75, 3.05) is 0 Å². The monoisotopic (exact) mass is 379 g/mol. The van der Waals surface area contributed by atoms with Crippen molar-refractivity contribution < 1.29 is 8.78 Å². The fourth-order valence-corrected chi connectivity index (χ4v) is 3.64. The summed E-state index contributed by atoms with van der Waals surface area (Å²) in [6.07, 6.45) is 8.05. The van der Waals surface area contributed by atoms with E-state index in [-0.39, 0.29) is 6.54 Å². The lowest BCUT2D eigenvalue weighted by Gasteiger charge is -2.13. The second kappa shape index (κ2) is 6.22. The van der Waals surface area contributed by atoms with Gasteiger partial charge in [0.1, 0.15) is 5.65 Å². The number of halogens is 2. The molecule has 4 aromatic rings. The van der Waals surface area contributed by atoms with Crippen LogP contribution >= 0.6 is 0 Å². The number of rotatable bonds is 5. The number of nitrogens with zero attached hydrogens (tertiary/aromatic N) is 5. The van der Waals surface area contributed by atoms with Crippen LogP contribution in [0.5, 0.6) is 0 Å². The summed E-state index contributed by atoms with van der Waals surface area (Å²) in [6.45, 7) is 2.21. The van der Waals surface area contributed by atoms with Crippen molar-refractivity contribution in [1.82, 2.24) is 24.1 Å². The SMILES string of the molecule is Cc1cn2ccc(-c3ncccc3-c3cnn(CC4(C(F)F)CC4)c3)cc2n1. The number of aromatic nitrogens is 5. The summed E-state index contributed by atoms with van der Waals surface area (Å²) >= 11 is 0. The molecule has 1 saturated carbocycles. The Balaban J connectivity index is 1.51. The number of fused-ring (bicyclic) bond motifs is 1. The predicted octanol–water partition coefficient (Wildman–Crippen LogP) is 4.61. The first-order chi connectivity index (χ1) is 13.5. The maximum absolute atomic E-state index is 13.2. The van der Waals surface area contributed by atoms with Crippen molar-refractivity contribution in [3.05, 3.63) is 60.9 Å². The van der Waals surface area contributed by atoms with Crippen molar-refractivity contribution in [3.63, 3.8) is 0 Å². The Morgan fingerprint density at radius 3 is 2.82 bits per heavy atom. The highest BCUT2D eigenvalue weighted by molar-refractivity contribution is 5.81. The Morgan fingerprint density at radius 1 is 1.18 bits per heavy atom. The summed E-state index contributed by atoms with van der Waals surface area (Å²) in [6, 6.07) is 7.85. The van der Waals surface area contributed by atoms with Crippen LogP contribution in [0.2, 0.25) is 0 Å². The molecule has 1 fully saturated rings. The highest BCUT2D eigenvalue weighted by Crippen LogP contribution is 2.52. The van der Waals surface area contributed by atoms with Gasteiger partial charge in [-0.05, 0) is 38.0 Å². The number of pyridine rings is 2. The van der Waals surface area contributed by atoms with Crippen LogP contribution in [0.4, 0.5) is 8.78 Å². The normalized spacial score (nSPS) is 15.4. The molecule has 0 N–H and O–H groups in total. The molecule has 1 aliphatic carbocycles. The van der Waals surface area contributed by atoms with E-state index >= 15 is 0 Å². The molecule has 5 nitrogen and oxygen atoms in total. The molecule has 0 aliphatic heterocycles. The molecule has 0 bridgehead atoms. The van der Waals surface area contributed by atoms with Crippen LogP contribution in [0.15, 0.2) is 55.2 Å². The molecule has 7 heteroatoms. The minimum atomic E-state index is -2.31. The standard InChI is InChI=1S/C21H19F2N5/c1-14-11-27-8-4-15(9-18(27)26-14)19-17(3-2-7-24-19)16-10-25-28(12-16)13-21(5-6-21)20(22)23/h2-4,7-12,20H,5-6,13H2,1H3. The minimum Gasteiger partial charge on any atom is -0.307 e. The summed E-state index contributed by atoms with van der Waals surface area (Å²) in [5.41, 5.74) is 4.47. The Labute approximate surface area is 160 Å². The molecule has 142 valence electrons. The molecule has 4 aromatic heterocycles. The third-order valence-corrected chi connectivity index (χ3v) is 5.44. The Bertz CT molecular complexity index is 1160. The first kappa shape index (κ1) is 17.0. The van der Waals surface area contributed by atoms with Crippen molar-refractivity contribution in [3.8, 4) is 22.4 Å². The van der Waals surface area contributed by atoms with E-state index in [9.17, 15) is 8.78 Å². The smallest absolute Gasteiger partial charge is 0.245 e. The molecule has 5 rings (SSSR count). The van der Waals surface area contributed by atoms with Crippen molar-refractivity contribution in [1.29, 1.82) is 0 Å². The van der Waals surface area contributed by atoms with Crippen LogP contribution in [-0.2, 0) is 6.54 Å². The van der Waals surface area contributed by atoms with Crippen LogP contribution in [0.3, 0.4) is 0 Å². The van der Waals surface area contributed by atoms with E-state index in [1.807, 2.05) is 54.2 Å². The first-order valence-electron chi connectivity index (χ1n) is 9.26. The van der Waals surface area contributed by atoms with E-state index < -0.39 is 11.8 Å². The maximum Gasteiger partial charge on any atom is 0.245 e. The minimum absolute atomic E-state index is 0.250. The number of hydrogen-bond donors (Lipinski definition) is 0. The van der Waals surface area contributed by atoms with Gasteiger partial charge in [0.25, 0.3) is 0 Å². The van der Waals surface area contributed by atoms with E-state index in [4.69, 9.17) is 0 Å². The molecule has 0 aromatic carbocycles. The van der Waals surface area contributed by atoms with Crippen LogP contribution in [0, 0.1) is 12.3 Å². The third-order valence-electron chi connectivity index (χ3n) is 5.44. The lowest BCUT2D eigenvalue weighted by Crippen LogP contribution is -2.19. The van der Waals surface area contributed by atoms with Gasteiger partial charge in [-0.25, -0.2) is 13.8 Å². The number of alkyl halides is 2. The van der Waals surface area contributed by atoms with Crippen molar-refractivity contribution >= 4 is 5.65 Å². The molecule has 0 unspecified atom stereocenters. The quantitative estimate of drug-likeness (QED) is 0.509. The van der Waals surface area contributed by atoms with Gasteiger partial charge in [0, 0.05) is 41.5 Å². The van der Waals surface area contributed by atoms with Crippen LogP contribution in [0.1, 0.15) is 18.5 Å². The van der Waals surface area contributed by atoms with Gasteiger partial charge in [-0.15, -0.1) is 0 Å². The van der Waals surface area contributed by atoms with Crippen molar-refractivity contribution in [2.24, 2.45) is 5.41 Å². The average molecular weight is 379 g/mol. The summed E-state index contributed by atoms with van der Waals surface area (Å²) in [7, 11) is 0. The fourth-order valence-electron chi connectivity index (χ4n) is 3.64. The maximum atomic E-state index is 13.2. The summed E-state index contributed by atoms with van der Waals surface area (Å²) in [5, 5.41) is 4.33. The van der Waals surface area contributed by atoms with Gasteiger partial charge < -0.3 is 4.40 Å². The second-order valence-corrected chi connectivity index (χ2v) is 7.55. The number of aryl methyl sites for hydroxylation is 1. The zero-order chi connectivity index (χ0) is 19.3. The largest absolute Gasteiger partial charge is 0.307 e. The van der Waals surface area contributed by atoms with E-state index in [0.29, 0.717) is 12.8 Å². The van der Waals surface area contributed by atoms with Gasteiger partial charge in [-0.3, -0.25) is 9.67 Å². The summed E-state index contributed by atoms with van der Waals surface area (Å²) < 4.78 is 30.1. The number of imidazole rings is 1. The predicted molar refractivity (Wildman–Crippen MR) is 102 cm³/mol. The average Bonchev–Trinajstić information content (AvgIpc) is 3.16. The Morgan fingerprint density at radius 2 is 2.04 bits per heavy atom. The van der Waals surface area contributed by atoms with Gasteiger partial charge in [0.05, 0.1) is 29.5 Å². The van der Waals surface area contributed by atoms with Crippen LogP contribution in [-0.4, -0.2) is 30.6 Å². The van der Waals surface area contributed by atoms with E-state index in [0.717, 1.165) is 33.7 Å². The lowest BCUT2D eigenvalue weighted by atomic mass is 10.0. The molecule has 28 heavy (non-hydrogen) atoms. The Kier molecular flexibility index (Phi) is 3.79. The van der Waals surface area contributed by atoms with Gasteiger partial charge >= 0.3 is 0 Å². The van der Waals surface area contributed by atoms with Crippen molar-refractivity contribution in [2.45, 2.75) is 32.7 Å². The zero-order valence-corrected chi connectivity index (χ0v) is 15.4. The first-order valence-corrected chi connectivity index (χ1v) is 9.26. The molecule has 0 amide bonds. The molecule has 0 atom stereocenters. The summed E-state index contributed by atoms with van der Waals surface area (Å²) in [5.74, 6) is 0.